The molecule has 4 aromatic rings. The summed E-state index contributed by atoms with van der Waals surface area (Å²) in [7, 11) is 0. The number of nitrogens with zero attached hydrogens (tertiary/aromatic N) is 1. The highest BCUT2D eigenvalue weighted by molar-refractivity contribution is 6.05. The zero-order valence-electron chi connectivity index (χ0n) is 17.3. The van der Waals surface area contributed by atoms with Crippen LogP contribution in [0, 0.1) is 0 Å². The second-order valence-corrected chi connectivity index (χ2v) is 7.60. The molecule has 3 heteroatoms. The van der Waals surface area contributed by atoms with Gasteiger partial charge in [-0.3, -0.25) is 9.78 Å². The molecule has 4 rings (SSSR count). The van der Waals surface area contributed by atoms with Crippen molar-refractivity contribution in [3.63, 3.8) is 0 Å². The van der Waals surface area contributed by atoms with E-state index < -0.39 is 0 Å². The molecule has 0 aliphatic carbocycles. The zero-order chi connectivity index (χ0) is 20.8. The van der Waals surface area contributed by atoms with E-state index >= 15 is 0 Å². The largest absolute Gasteiger partial charge is 0.322 e. The highest BCUT2D eigenvalue weighted by Crippen LogP contribution is 2.21. The van der Waals surface area contributed by atoms with Crippen LogP contribution in [0.3, 0.4) is 0 Å². The third-order valence-corrected chi connectivity index (χ3v) is 5.34. The lowest BCUT2D eigenvalue weighted by molar-refractivity contribution is 0.102. The maximum atomic E-state index is 12.6. The first-order valence-corrected chi connectivity index (χ1v) is 10.6. The lowest BCUT2D eigenvalue weighted by atomic mass is 10.1. The number of amides is 1. The summed E-state index contributed by atoms with van der Waals surface area (Å²) >= 11 is 0. The minimum absolute atomic E-state index is 0.115. The second kappa shape index (κ2) is 9.36. The number of hydrogen-bond donors (Lipinski definition) is 1. The van der Waals surface area contributed by atoms with Crippen molar-refractivity contribution in [3.8, 4) is 11.3 Å². The first-order chi connectivity index (χ1) is 14.7. The van der Waals surface area contributed by atoms with E-state index in [-0.39, 0.29) is 5.91 Å². The van der Waals surface area contributed by atoms with E-state index in [1.54, 1.807) is 0 Å². The standard InChI is InChI=1S/C27H26N2O/c1-2-3-4-7-20-10-17-26(28-19-20)22-11-13-23(14-12-22)27(30)29-25-16-15-21-8-5-6-9-24(21)18-25/h5-6,8-19H,2-4,7H2,1H3,(H,29,30). The Morgan fingerprint density at radius 3 is 2.40 bits per heavy atom. The number of fused-ring (bicyclic) bond motifs is 1. The summed E-state index contributed by atoms with van der Waals surface area (Å²) in [6, 6.07) is 25.9. The molecular formula is C27H26N2O. The van der Waals surface area contributed by atoms with Crippen molar-refractivity contribution >= 4 is 22.4 Å². The van der Waals surface area contributed by atoms with E-state index in [0.717, 1.165) is 34.1 Å². The van der Waals surface area contributed by atoms with Crippen LogP contribution in [-0.2, 0) is 6.42 Å². The molecule has 0 bridgehead atoms. The van der Waals surface area contributed by atoms with Gasteiger partial charge in [0, 0.05) is 23.0 Å². The summed E-state index contributed by atoms with van der Waals surface area (Å²) in [6.07, 6.45) is 6.73. The van der Waals surface area contributed by atoms with Gasteiger partial charge in [0.25, 0.3) is 5.91 Å². The van der Waals surface area contributed by atoms with Gasteiger partial charge in [-0.05, 0) is 59.5 Å². The lowest BCUT2D eigenvalue weighted by Crippen LogP contribution is -2.11. The van der Waals surface area contributed by atoms with Crippen LogP contribution in [0.15, 0.2) is 85.1 Å². The van der Waals surface area contributed by atoms with Gasteiger partial charge >= 0.3 is 0 Å². The maximum absolute atomic E-state index is 12.6. The molecule has 30 heavy (non-hydrogen) atoms. The minimum Gasteiger partial charge on any atom is -0.322 e. The summed E-state index contributed by atoms with van der Waals surface area (Å²) < 4.78 is 0. The van der Waals surface area contributed by atoms with E-state index in [1.807, 2.05) is 66.9 Å². The predicted octanol–water partition coefficient (Wildman–Crippen LogP) is 6.89. The molecular weight excluding hydrogens is 368 g/mol. The Kier molecular flexibility index (Phi) is 6.19. The van der Waals surface area contributed by atoms with Crippen LogP contribution in [0.5, 0.6) is 0 Å². The molecule has 3 nitrogen and oxygen atoms in total. The summed E-state index contributed by atoms with van der Waals surface area (Å²) in [6.45, 7) is 2.22. The van der Waals surface area contributed by atoms with Gasteiger partial charge in [-0.2, -0.15) is 0 Å². The minimum atomic E-state index is -0.115. The molecule has 0 saturated heterocycles. The van der Waals surface area contributed by atoms with Crippen molar-refractivity contribution in [3.05, 3.63) is 96.2 Å². The van der Waals surface area contributed by atoms with Crippen LogP contribution >= 0.6 is 0 Å². The molecule has 0 unspecified atom stereocenters. The van der Waals surface area contributed by atoms with Gasteiger partial charge < -0.3 is 5.32 Å². The number of aromatic nitrogens is 1. The van der Waals surface area contributed by atoms with Crippen LogP contribution in [-0.4, -0.2) is 10.9 Å². The van der Waals surface area contributed by atoms with Crippen LogP contribution < -0.4 is 5.32 Å². The number of benzene rings is 3. The first kappa shape index (κ1) is 19.8. The van der Waals surface area contributed by atoms with Gasteiger partial charge in [-0.15, -0.1) is 0 Å². The maximum Gasteiger partial charge on any atom is 0.255 e. The first-order valence-electron chi connectivity index (χ1n) is 10.6. The molecule has 0 atom stereocenters. The van der Waals surface area contributed by atoms with E-state index in [9.17, 15) is 4.79 Å². The number of carbonyl (C=O) groups is 1. The topological polar surface area (TPSA) is 42.0 Å². The van der Waals surface area contributed by atoms with Crippen molar-refractivity contribution in [2.24, 2.45) is 0 Å². The molecule has 150 valence electrons. The Morgan fingerprint density at radius 2 is 1.67 bits per heavy atom. The normalized spacial score (nSPS) is 10.8. The number of pyridine rings is 1. The van der Waals surface area contributed by atoms with Crippen molar-refractivity contribution in [1.29, 1.82) is 0 Å². The van der Waals surface area contributed by atoms with E-state index in [2.05, 4.69) is 35.4 Å². The van der Waals surface area contributed by atoms with Crippen molar-refractivity contribution in [2.75, 3.05) is 5.32 Å². The molecule has 0 fully saturated rings. The van der Waals surface area contributed by atoms with E-state index in [0.29, 0.717) is 5.56 Å². The molecule has 1 N–H and O–H groups in total. The van der Waals surface area contributed by atoms with Crippen molar-refractivity contribution in [1.82, 2.24) is 4.98 Å². The van der Waals surface area contributed by atoms with Gasteiger partial charge in [0.15, 0.2) is 0 Å². The number of nitrogens with one attached hydrogen (secondary N) is 1. The number of unbranched alkanes of at least 4 members (excludes halogenated alkanes) is 2. The van der Waals surface area contributed by atoms with Crippen molar-refractivity contribution in [2.45, 2.75) is 32.6 Å². The van der Waals surface area contributed by atoms with Gasteiger partial charge in [0.2, 0.25) is 0 Å². The molecule has 1 amide bonds. The summed E-state index contributed by atoms with van der Waals surface area (Å²) in [4.78, 5) is 17.2. The lowest BCUT2D eigenvalue weighted by Gasteiger charge is -2.08. The van der Waals surface area contributed by atoms with Crippen LogP contribution in [0.1, 0.15) is 42.1 Å². The molecule has 0 aliphatic heterocycles. The molecule has 0 saturated carbocycles. The summed E-state index contributed by atoms with van der Waals surface area (Å²) in [5.41, 5.74) is 4.64. The molecule has 3 aromatic carbocycles. The fraction of sp³-hybridized carbons (Fsp3) is 0.185. The average Bonchev–Trinajstić information content (AvgIpc) is 2.80. The number of rotatable bonds is 7. The smallest absolute Gasteiger partial charge is 0.255 e. The highest BCUT2D eigenvalue weighted by Gasteiger charge is 2.08. The second-order valence-electron chi connectivity index (χ2n) is 7.60. The number of carbonyl (C=O) groups excluding carboxylic acids is 1. The monoisotopic (exact) mass is 394 g/mol. The summed E-state index contributed by atoms with van der Waals surface area (Å²) in [5.74, 6) is -0.115. The van der Waals surface area contributed by atoms with Gasteiger partial charge in [-0.1, -0.05) is 68.3 Å². The number of aryl methyl sites for hydroxylation is 1. The average molecular weight is 395 g/mol. The van der Waals surface area contributed by atoms with Crippen LogP contribution in [0.25, 0.3) is 22.0 Å². The van der Waals surface area contributed by atoms with Gasteiger partial charge in [-0.25, -0.2) is 0 Å². The van der Waals surface area contributed by atoms with Gasteiger partial charge in [0.05, 0.1) is 5.69 Å². The fourth-order valence-corrected chi connectivity index (χ4v) is 3.58. The zero-order valence-corrected chi connectivity index (χ0v) is 17.3. The van der Waals surface area contributed by atoms with Crippen molar-refractivity contribution < 1.29 is 4.79 Å². The Morgan fingerprint density at radius 1 is 0.867 bits per heavy atom. The van der Waals surface area contributed by atoms with Crippen LogP contribution in [0.4, 0.5) is 5.69 Å². The summed E-state index contributed by atoms with van der Waals surface area (Å²) in [5, 5.41) is 5.25. The van der Waals surface area contributed by atoms with E-state index in [4.69, 9.17) is 0 Å². The molecule has 1 aromatic heterocycles. The Hall–Kier alpha value is -3.46. The molecule has 0 spiro atoms. The quantitative estimate of drug-likeness (QED) is 0.347. The SMILES string of the molecule is CCCCCc1ccc(-c2ccc(C(=O)Nc3ccc4ccccc4c3)cc2)nc1. The molecule has 0 radical (unpaired) electrons. The molecule has 1 heterocycles. The number of anilines is 1. The van der Waals surface area contributed by atoms with Gasteiger partial charge in [0.1, 0.15) is 0 Å². The predicted molar refractivity (Wildman–Crippen MR) is 125 cm³/mol. The Bertz CT molecular complexity index is 1130. The van der Waals surface area contributed by atoms with Crippen LogP contribution in [0.2, 0.25) is 0 Å². The fourth-order valence-electron chi connectivity index (χ4n) is 3.58. The third kappa shape index (κ3) is 4.74. The highest BCUT2D eigenvalue weighted by atomic mass is 16.1. The molecule has 0 aliphatic rings. The number of hydrogen-bond acceptors (Lipinski definition) is 2. The van der Waals surface area contributed by atoms with E-state index in [1.165, 1.54) is 24.8 Å². The third-order valence-electron chi connectivity index (χ3n) is 5.34. The Balaban J connectivity index is 1.42. The Labute approximate surface area is 177 Å².